The SMILES string of the molecule is COC(=O)[C@]12CCC(C)(C)C[C@H]1[C@H]1C(=O)C=C3[C@@]4(C)C=C(C#N)C(=O)[C@](C)(O)[C@@H]4CC[C@@]3(C)[C@]1(C)CC2. The summed E-state index contributed by atoms with van der Waals surface area (Å²) in [6, 6.07) is 2.01. The van der Waals surface area contributed by atoms with Crippen molar-refractivity contribution in [2.75, 3.05) is 7.11 Å². The number of methoxy groups -OCH3 is 1. The van der Waals surface area contributed by atoms with Gasteiger partial charge in [-0.25, -0.2) is 0 Å². The zero-order valence-electron chi connectivity index (χ0n) is 23.4. The van der Waals surface area contributed by atoms with Crippen molar-refractivity contribution in [3.63, 3.8) is 0 Å². The van der Waals surface area contributed by atoms with Gasteiger partial charge in [0.05, 0.1) is 18.1 Å². The fraction of sp³-hybridized carbons (Fsp3) is 0.742. The van der Waals surface area contributed by atoms with Crippen LogP contribution in [-0.4, -0.2) is 35.4 Å². The molecule has 0 aromatic rings. The lowest BCUT2D eigenvalue weighted by atomic mass is 9.34. The average Bonchev–Trinajstić information content (AvgIpc) is 2.82. The first-order valence-corrected chi connectivity index (χ1v) is 13.8. The number of esters is 1. The number of hydrogen-bond acceptors (Lipinski definition) is 6. The van der Waals surface area contributed by atoms with Crippen LogP contribution in [0.15, 0.2) is 23.3 Å². The van der Waals surface area contributed by atoms with E-state index in [-0.39, 0.29) is 40.0 Å². The Morgan fingerprint density at radius 1 is 1.05 bits per heavy atom. The fourth-order valence-electron chi connectivity index (χ4n) is 9.87. The summed E-state index contributed by atoms with van der Waals surface area (Å²) in [6.45, 7) is 12.5. The van der Waals surface area contributed by atoms with Crippen LogP contribution >= 0.6 is 0 Å². The summed E-state index contributed by atoms with van der Waals surface area (Å²) in [5.41, 5.74) is -2.94. The number of Topliss-reactive ketones (excluding diaryl/α,β-unsaturated/α-hetero) is 1. The second-order valence-electron chi connectivity index (χ2n) is 14.3. The van der Waals surface area contributed by atoms with Crippen LogP contribution in [0.5, 0.6) is 0 Å². The van der Waals surface area contributed by atoms with Gasteiger partial charge in [-0.05, 0) is 80.1 Å². The Labute approximate surface area is 220 Å². The molecule has 0 heterocycles. The number of nitriles is 1. The maximum absolute atomic E-state index is 14.3. The van der Waals surface area contributed by atoms with Gasteiger partial charge in [-0.1, -0.05) is 46.3 Å². The first-order chi connectivity index (χ1) is 17.0. The molecule has 0 aromatic heterocycles. The van der Waals surface area contributed by atoms with E-state index in [0.717, 1.165) is 37.7 Å². The lowest BCUT2D eigenvalue weighted by Crippen LogP contribution is -2.66. The first-order valence-electron chi connectivity index (χ1n) is 13.8. The Bertz CT molecular complexity index is 1200. The second-order valence-corrected chi connectivity index (χ2v) is 14.3. The van der Waals surface area contributed by atoms with Crippen molar-refractivity contribution in [3.8, 4) is 6.07 Å². The lowest BCUT2D eigenvalue weighted by Gasteiger charge is -2.68. The highest BCUT2D eigenvalue weighted by Gasteiger charge is 2.71. The van der Waals surface area contributed by atoms with Crippen molar-refractivity contribution in [1.82, 2.24) is 0 Å². The van der Waals surface area contributed by atoms with Crippen molar-refractivity contribution in [3.05, 3.63) is 23.3 Å². The highest BCUT2D eigenvalue weighted by molar-refractivity contribution is 6.06. The summed E-state index contributed by atoms with van der Waals surface area (Å²) in [4.78, 5) is 40.6. The first kappa shape index (κ1) is 26.4. The molecule has 5 aliphatic carbocycles. The molecule has 8 atom stereocenters. The molecule has 5 rings (SSSR count). The third-order valence-electron chi connectivity index (χ3n) is 12.1. The number of carbonyl (C=O) groups is 3. The molecule has 6 heteroatoms. The van der Waals surface area contributed by atoms with Crippen molar-refractivity contribution in [2.45, 2.75) is 92.1 Å². The number of rotatable bonds is 1. The predicted molar refractivity (Wildman–Crippen MR) is 138 cm³/mol. The average molecular weight is 508 g/mol. The molecule has 3 fully saturated rings. The molecule has 5 aliphatic rings. The van der Waals surface area contributed by atoms with Gasteiger partial charge in [0.15, 0.2) is 5.78 Å². The molecular formula is C31H41NO5. The highest BCUT2D eigenvalue weighted by atomic mass is 16.5. The quantitative estimate of drug-likeness (QED) is 0.495. The molecule has 0 bridgehead atoms. The zero-order chi connectivity index (χ0) is 27.4. The predicted octanol–water partition coefficient (Wildman–Crippen LogP) is 5.10. The van der Waals surface area contributed by atoms with Crippen LogP contribution in [0.25, 0.3) is 0 Å². The van der Waals surface area contributed by atoms with E-state index in [1.807, 2.05) is 13.0 Å². The van der Waals surface area contributed by atoms with Gasteiger partial charge in [0, 0.05) is 17.3 Å². The zero-order valence-corrected chi connectivity index (χ0v) is 23.4. The van der Waals surface area contributed by atoms with Crippen LogP contribution in [0, 0.1) is 56.2 Å². The van der Waals surface area contributed by atoms with Crippen molar-refractivity contribution < 1.29 is 24.2 Å². The van der Waals surface area contributed by atoms with Crippen LogP contribution in [-0.2, 0) is 19.1 Å². The van der Waals surface area contributed by atoms with Gasteiger partial charge in [0.2, 0.25) is 5.78 Å². The molecule has 200 valence electrons. The Balaban J connectivity index is 1.71. The van der Waals surface area contributed by atoms with Crippen LogP contribution in [0.3, 0.4) is 0 Å². The summed E-state index contributed by atoms with van der Waals surface area (Å²) >= 11 is 0. The number of ketones is 2. The van der Waals surface area contributed by atoms with Gasteiger partial charge in [0.25, 0.3) is 0 Å². The Kier molecular flexibility index (Phi) is 5.45. The summed E-state index contributed by atoms with van der Waals surface area (Å²) in [6.07, 6.45) is 8.76. The molecule has 0 aliphatic heterocycles. The largest absolute Gasteiger partial charge is 0.469 e. The van der Waals surface area contributed by atoms with Crippen LogP contribution in [0.4, 0.5) is 0 Å². The van der Waals surface area contributed by atoms with Gasteiger partial charge in [-0.3, -0.25) is 14.4 Å². The molecule has 3 saturated carbocycles. The van der Waals surface area contributed by atoms with Crippen LogP contribution in [0.2, 0.25) is 0 Å². The number of aliphatic hydroxyl groups is 1. The van der Waals surface area contributed by atoms with E-state index in [1.54, 1.807) is 12.2 Å². The van der Waals surface area contributed by atoms with E-state index in [9.17, 15) is 24.8 Å². The minimum absolute atomic E-state index is 0.0299. The van der Waals surface area contributed by atoms with Gasteiger partial charge in [0.1, 0.15) is 11.7 Å². The number of nitrogens with zero attached hydrogens (tertiary/aromatic N) is 1. The van der Waals surface area contributed by atoms with Crippen LogP contribution < -0.4 is 0 Å². The molecule has 0 radical (unpaired) electrons. The van der Waals surface area contributed by atoms with E-state index in [4.69, 9.17) is 4.74 Å². The lowest BCUT2D eigenvalue weighted by molar-refractivity contribution is -0.192. The maximum atomic E-state index is 14.3. The third kappa shape index (κ3) is 3.10. The highest BCUT2D eigenvalue weighted by Crippen LogP contribution is 2.74. The number of ether oxygens (including phenoxy) is 1. The molecule has 0 unspecified atom stereocenters. The molecule has 1 N–H and O–H groups in total. The van der Waals surface area contributed by atoms with E-state index < -0.39 is 33.5 Å². The molecule has 6 nitrogen and oxygen atoms in total. The minimum atomic E-state index is -1.67. The standard InChI is InChI=1S/C31H41NO5/c1-26(2)10-12-31(25(35)37-7)13-11-29(5)23(19(31)16-26)20(33)14-22-27(3)15-18(17-32)24(34)30(6,36)21(27)8-9-28(22,29)4/h14-15,19,21,23,36H,8-13,16H2,1-7H3/t19-,21+,23-,27-,28+,29+,30+,31-/m0/s1. The Morgan fingerprint density at radius 3 is 2.32 bits per heavy atom. The summed E-state index contributed by atoms with van der Waals surface area (Å²) in [5, 5.41) is 21.1. The van der Waals surface area contributed by atoms with E-state index in [0.29, 0.717) is 12.8 Å². The topological polar surface area (TPSA) is 104 Å². The Hall–Kier alpha value is -2.26. The number of allylic oxidation sites excluding steroid dienone is 3. The van der Waals surface area contributed by atoms with Crippen LogP contribution in [0.1, 0.15) is 86.5 Å². The van der Waals surface area contributed by atoms with E-state index >= 15 is 0 Å². The minimum Gasteiger partial charge on any atom is -0.469 e. The third-order valence-corrected chi connectivity index (χ3v) is 12.1. The fourth-order valence-corrected chi connectivity index (χ4v) is 9.87. The van der Waals surface area contributed by atoms with Gasteiger partial charge in [-0.15, -0.1) is 0 Å². The van der Waals surface area contributed by atoms with Gasteiger partial charge >= 0.3 is 5.97 Å². The van der Waals surface area contributed by atoms with Crippen molar-refractivity contribution in [2.24, 2.45) is 44.8 Å². The number of carbonyl (C=O) groups excluding carboxylic acids is 3. The van der Waals surface area contributed by atoms with E-state index in [2.05, 4.69) is 27.7 Å². The molecule has 0 saturated heterocycles. The van der Waals surface area contributed by atoms with Crippen molar-refractivity contribution >= 4 is 17.5 Å². The molecular weight excluding hydrogens is 466 g/mol. The maximum Gasteiger partial charge on any atom is 0.312 e. The monoisotopic (exact) mass is 507 g/mol. The van der Waals surface area contributed by atoms with Gasteiger partial charge in [-0.2, -0.15) is 5.26 Å². The Morgan fingerprint density at radius 2 is 1.70 bits per heavy atom. The normalized spacial score (nSPS) is 48.2. The molecule has 37 heavy (non-hydrogen) atoms. The molecule has 0 amide bonds. The summed E-state index contributed by atoms with van der Waals surface area (Å²) in [5.74, 6) is -1.49. The molecule has 0 spiro atoms. The number of hydrogen-bond donors (Lipinski definition) is 1. The smallest absolute Gasteiger partial charge is 0.312 e. The number of fused-ring (bicyclic) bond motifs is 7. The second kappa shape index (κ2) is 7.65. The van der Waals surface area contributed by atoms with Crippen molar-refractivity contribution in [1.29, 1.82) is 5.26 Å². The summed E-state index contributed by atoms with van der Waals surface area (Å²) < 4.78 is 5.38. The van der Waals surface area contributed by atoms with Gasteiger partial charge < -0.3 is 9.84 Å². The van der Waals surface area contributed by atoms with E-state index in [1.165, 1.54) is 14.0 Å². The summed E-state index contributed by atoms with van der Waals surface area (Å²) in [7, 11) is 1.46. The molecule has 0 aromatic carbocycles.